The molecule has 6 nitrogen and oxygen atoms in total. The van der Waals surface area contributed by atoms with E-state index in [-0.39, 0.29) is 11.9 Å². The fraction of sp³-hybridized carbons (Fsp3) is 0.269. The fourth-order valence-corrected chi connectivity index (χ4v) is 4.29. The third-order valence-electron chi connectivity index (χ3n) is 5.88. The smallest absolute Gasteiger partial charge is 0.254 e. The van der Waals surface area contributed by atoms with Gasteiger partial charge in [0.25, 0.3) is 5.91 Å². The second-order valence-corrected chi connectivity index (χ2v) is 7.54. The summed E-state index contributed by atoms with van der Waals surface area (Å²) in [7, 11) is 6.40. The van der Waals surface area contributed by atoms with Crippen molar-refractivity contribution in [2.24, 2.45) is 0 Å². The number of carbonyl (C=O) groups excluding carboxylic acids is 1. The average Bonchev–Trinajstić information content (AvgIpc) is 2.86. The molecule has 0 aromatic heterocycles. The van der Waals surface area contributed by atoms with Crippen LogP contribution in [-0.2, 0) is 6.42 Å². The molecule has 32 heavy (non-hydrogen) atoms. The minimum Gasteiger partial charge on any atom is -0.493 e. The third-order valence-corrected chi connectivity index (χ3v) is 5.88. The zero-order chi connectivity index (χ0) is 22.7. The van der Waals surface area contributed by atoms with E-state index in [2.05, 4.69) is 0 Å². The average molecular weight is 434 g/mol. The predicted octanol–water partition coefficient (Wildman–Crippen LogP) is 4.51. The summed E-state index contributed by atoms with van der Waals surface area (Å²) in [6.07, 6.45) is 0.720. The highest BCUT2D eigenvalue weighted by Crippen LogP contribution is 2.41. The van der Waals surface area contributed by atoms with Crippen LogP contribution in [0, 0.1) is 0 Å². The lowest BCUT2D eigenvalue weighted by Crippen LogP contribution is -2.40. The first-order chi connectivity index (χ1) is 15.6. The van der Waals surface area contributed by atoms with Gasteiger partial charge in [0.05, 0.1) is 34.5 Å². The molecule has 0 saturated heterocycles. The molecule has 0 unspecified atom stereocenters. The minimum atomic E-state index is -0.250. The summed E-state index contributed by atoms with van der Waals surface area (Å²) in [6.45, 7) is 0.579. The van der Waals surface area contributed by atoms with Gasteiger partial charge in [-0.1, -0.05) is 30.3 Å². The summed E-state index contributed by atoms with van der Waals surface area (Å²) in [4.78, 5) is 15.6. The van der Waals surface area contributed by atoms with Crippen LogP contribution in [0.2, 0.25) is 0 Å². The first kappa shape index (κ1) is 21.6. The van der Waals surface area contributed by atoms with Gasteiger partial charge in [0, 0.05) is 12.1 Å². The van der Waals surface area contributed by atoms with Crippen LogP contribution in [0.5, 0.6) is 23.0 Å². The SMILES string of the molecule is COc1ccc(C(=O)N2CCc3cc(OC)c(OC)cc3[C@@H]2c2ccccc2)cc1OC. The number of nitrogens with zero attached hydrogens (tertiary/aromatic N) is 1. The van der Waals surface area contributed by atoms with Crippen molar-refractivity contribution in [3.63, 3.8) is 0 Å². The largest absolute Gasteiger partial charge is 0.493 e. The second-order valence-electron chi connectivity index (χ2n) is 7.54. The standard InChI is InChI=1S/C26H27NO5/c1-29-21-11-10-19(15-22(21)30-2)26(28)27-13-12-18-14-23(31-3)24(32-4)16-20(18)25(27)17-8-6-5-7-9-17/h5-11,14-16,25H,12-13H2,1-4H3/t25-/m0/s1. The molecular weight excluding hydrogens is 406 g/mol. The molecule has 0 N–H and O–H groups in total. The number of carbonyl (C=O) groups is 1. The van der Waals surface area contributed by atoms with Crippen molar-refractivity contribution < 1.29 is 23.7 Å². The van der Waals surface area contributed by atoms with Gasteiger partial charge in [0.15, 0.2) is 23.0 Å². The summed E-state index contributed by atoms with van der Waals surface area (Å²) in [5.74, 6) is 2.38. The molecule has 3 aromatic rings. The maximum absolute atomic E-state index is 13.7. The Bertz CT molecular complexity index is 1110. The first-order valence-corrected chi connectivity index (χ1v) is 10.4. The Kier molecular flexibility index (Phi) is 6.21. The van der Waals surface area contributed by atoms with E-state index in [9.17, 15) is 4.79 Å². The van der Waals surface area contributed by atoms with E-state index in [4.69, 9.17) is 18.9 Å². The number of ether oxygens (including phenoxy) is 4. The molecule has 0 radical (unpaired) electrons. The number of hydrogen-bond acceptors (Lipinski definition) is 5. The first-order valence-electron chi connectivity index (χ1n) is 10.4. The van der Waals surface area contributed by atoms with Gasteiger partial charge in [-0.15, -0.1) is 0 Å². The zero-order valence-corrected chi connectivity index (χ0v) is 18.8. The number of hydrogen-bond donors (Lipinski definition) is 0. The molecule has 0 spiro atoms. The highest BCUT2D eigenvalue weighted by atomic mass is 16.5. The second kappa shape index (κ2) is 9.22. The van der Waals surface area contributed by atoms with Crippen LogP contribution >= 0.6 is 0 Å². The molecule has 0 bridgehead atoms. The molecule has 1 aliphatic rings. The fourth-order valence-electron chi connectivity index (χ4n) is 4.29. The number of amides is 1. The molecule has 4 rings (SSSR count). The Morgan fingerprint density at radius 2 is 1.41 bits per heavy atom. The summed E-state index contributed by atoms with van der Waals surface area (Å²) < 4.78 is 21.8. The molecular formula is C26H27NO5. The van der Waals surface area contributed by atoms with Crippen molar-refractivity contribution >= 4 is 5.91 Å². The van der Waals surface area contributed by atoms with Crippen LogP contribution in [0.25, 0.3) is 0 Å². The molecule has 166 valence electrons. The molecule has 1 aliphatic heterocycles. The minimum absolute atomic E-state index is 0.0692. The number of methoxy groups -OCH3 is 4. The Morgan fingerprint density at radius 1 is 0.781 bits per heavy atom. The maximum Gasteiger partial charge on any atom is 0.254 e. The van der Waals surface area contributed by atoms with Gasteiger partial charge in [-0.05, 0) is 53.4 Å². The van der Waals surface area contributed by atoms with Crippen molar-refractivity contribution in [1.82, 2.24) is 4.90 Å². The van der Waals surface area contributed by atoms with Crippen LogP contribution in [0.3, 0.4) is 0 Å². The molecule has 1 atom stereocenters. The zero-order valence-electron chi connectivity index (χ0n) is 18.8. The van der Waals surface area contributed by atoms with Gasteiger partial charge in [0.1, 0.15) is 0 Å². The normalized spacial score (nSPS) is 15.0. The van der Waals surface area contributed by atoms with E-state index in [1.54, 1.807) is 46.6 Å². The highest BCUT2D eigenvalue weighted by Gasteiger charge is 2.34. The highest BCUT2D eigenvalue weighted by molar-refractivity contribution is 5.95. The molecule has 6 heteroatoms. The van der Waals surface area contributed by atoms with Crippen molar-refractivity contribution in [1.29, 1.82) is 0 Å². The van der Waals surface area contributed by atoms with Gasteiger partial charge in [-0.25, -0.2) is 0 Å². The van der Waals surface area contributed by atoms with Crippen molar-refractivity contribution in [2.45, 2.75) is 12.5 Å². The number of fused-ring (bicyclic) bond motifs is 1. The van der Waals surface area contributed by atoms with Crippen LogP contribution in [0.4, 0.5) is 0 Å². The van der Waals surface area contributed by atoms with Gasteiger partial charge in [0.2, 0.25) is 0 Å². The predicted molar refractivity (Wildman–Crippen MR) is 122 cm³/mol. The van der Waals surface area contributed by atoms with E-state index in [1.807, 2.05) is 47.4 Å². The topological polar surface area (TPSA) is 57.2 Å². The quantitative estimate of drug-likeness (QED) is 0.573. The van der Waals surface area contributed by atoms with E-state index in [0.717, 1.165) is 23.1 Å². The molecule has 1 heterocycles. The van der Waals surface area contributed by atoms with Gasteiger partial charge >= 0.3 is 0 Å². The monoisotopic (exact) mass is 433 g/mol. The van der Waals surface area contributed by atoms with E-state index in [0.29, 0.717) is 35.1 Å². The van der Waals surface area contributed by atoms with Crippen molar-refractivity contribution in [3.05, 3.63) is 82.9 Å². The lowest BCUT2D eigenvalue weighted by molar-refractivity contribution is 0.0693. The lowest BCUT2D eigenvalue weighted by atomic mass is 9.87. The van der Waals surface area contributed by atoms with E-state index < -0.39 is 0 Å². The van der Waals surface area contributed by atoms with Crippen LogP contribution in [0.15, 0.2) is 60.7 Å². The van der Waals surface area contributed by atoms with Crippen LogP contribution in [-0.4, -0.2) is 45.8 Å². The molecule has 0 aliphatic carbocycles. The molecule has 1 amide bonds. The summed E-state index contributed by atoms with van der Waals surface area (Å²) in [5.41, 5.74) is 3.77. The van der Waals surface area contributed by atoms with Gasteiger partial charge in [-0.2, -0.15) is 0 Å². The Morgan fingerprint density at radius 3 is 2.06 bits per heavy atom. The molecule has 3 aromatic carbocycles. The van der Waals surface area contributed by atoms with Crippen LogP contribution in [0.1, 0.15) is 33.1 Å². The molecule has 0 saturated carbocycles. The Balaban J connectivity index is 1.81. The Labute approximate surface area is 188 Å². The van der Waals surface area contributed by atoms with Crippen LogP contribution < -0.4 is 18.9 Å². The lowest BCUT2D eigenvalue weighted by Gasteiger charge is -2.38. The van der Waals surface area contributed by atoms with Crippen molar-refractivity contribution in [3.8, 4) is 23.0 Å². The van der Waals surface area contributed by atoms with E-state index >= 15 is 0 Å². The number of benzene rings is 3. The maximum atomic E-state index is 13.7. The molecule has 0 fully saturated rings. The van der Waals surface area contributed by atoms with Crippen molar-refractivity contribution in [2.75, 3.05) is 35.0 Å². The number of rotatable bonds is 6. The Hall–Kier alpha value is -3.67. The van der Waals surface area contributed by atoms with E-state index in [1.165, 1.54) is 0 Å². The van der Waals surface area contributed by atoms with Gasteiger partial charge in [-0.3, -0.25) is 4.79 Å². The summed E-state index contributed by atoms with van der Waals surface area (Å²) in [5, 5.41) is 0. The van der Waals surface area contributed by atoms with Gasteiger partial charge < -0.3 is 23.8 Å². The third kappa shape index (κ3) is 3.84. The summed E-state index contributed by atoms with van der Waals surface area (Å²) >= 11 is 0. The summed E-state index contributed by atoms with van der Waals surface area (Å²) in [6, 6.07) is 19.1.